The quantitative estimate of drug-likeness (QED) is 0.183. The van der Waals surface area contributed by atoms with E-state index < -0.39 is 23.0 Å². The molecular formula is C34H34O10. The summed E-state index contributed by atoms with van der Waals surface area (Å²) >= 11 is 0. The Morgan fingerprint density at radius 2 is 0.818 bits per heavy atom. The fourth-order valence-electron chi connectivity index (χ4n) is 6.00. The summed E-state index contributed by atoms with van der Waals surface area (Å²) in [5, 5.41) is 47.4. The van der Waals surface area contributed by atoms with E-state index in [1.165, 1.54) is 28.4 Å². The van der Waals surface area contributed by atoms with Crippen molar-refractivity contribution in [2.75, 3.05) is 28.4 Å². The van der Waals surface area contributed by atoms with Gasteiger partial charge in [0, 0.05) is 53.5 Å². The second-order valence-corrected chi connectivity index (χ2v) is 10.5. The van der Waals surface area contributed by atoms with Gasteiger partial charge in [-0.05, 0) is 27.7 Å². The van der Waals surface area contributed by atoms with Crippen molar-refractivity contribution in [2.45, 2.75) is 27.7 Å². The molecule has 4 aromatic carbocycles. The number of fused-ring (bicyclic) bond motifs is 2. The average Bonchev–Trinajstić information content (AvgIpc) is 3.00. The number of carbonyl (C=O) groups excluding carboxylic acids is 2. The van der Waals surface area contributed by atoms with Crippen LogP contribution in [0.25, 0.3) is 57.0 Å². The third-order valence-corrected chi connectivity index (χ3v) is 7.79. The maximum atomic E-state index is 12.5. The van der Waals surface area contributed by atoms with Gasteiger partial charge in [0.05, 0.1) is 39.6 Å². The first-order chi connectivity index (χ1) is 20.8. The minimum atomic E-state index is -0.570. The summed E-state index contributed by atoms with van der Waals surface area (Å²) in [6.45, 7) is 15.0. The molecular weight excluding hydrogens is 568 g/mol. The molecule has 0 saturated heterocycles. The van der Waals surface area contributed by atoms with E-state index in [2.05, 4.69) is 13.2 Å². The van der Waals surface area contributed by atoms with Gasteiger partial charge >= 0.3 is 0 Å². The van der Waals surface area contributed by atoms with Gasteiger partial charge in [-0.3, -0.25) is 9.59 Å². The van der Waals surface area contributed by atoms with Gasteiger partial charge in [0.2, 0.25) is 0 Å². The number of aldehydes is 2. The zero-order valence-electron chi connectivity index (χ0n) is 25.8. The van der Waals surface area contributed by atoms with Gasteiger partial charge < -0.3 is 39.4 Å². The molecule has 10 nitrogen and oxygen atoms in total. The molecule has 0 fully saturated rings. The van der Waals surface area contributed by atoms with Crippen molar-refractivity contribution >= 4 is 58.4 Å². The van der Waals surface area contributed by atoms with Crippen LogP contribution in [-0.2, 0) is 0 Å². The van der Waals surface area contributed by atoms with Crippen LogP contribution in [0.5, 0.6) is 46.0 Å². The SMILES string of the molecule is C=c1c(-c2c(O)c3c(C=O)c(OC)c(OC)c(=C(C)C)c3c(O)c2=C)c(O)c2c(C=O)c(OC)c(OC)c(=C(C)C)c2c1O. The third-order valence-electron chi connectivity index (χ3n) is 7.79. The Labute approximate surface area is 252 Å². The molecule has 10 heteroatoms. The van der Waals surface area contributed by atoms with Crippen LogP contribution in [-0.4, -0.2) is 61.4 Å². The molecule has 0 aliphatic rings. The third kappa shape index (κ3) is 4.09. The molecule has 4 rings (SSSR count). The summed E-state index contributed by atoms with van der Waals surface area (Å²) < 4.78 is 22.2. The Morgan fingerprint density at radius 1 is 0.523 bits per heavy atom. The lowest BCUT2D eigenvalue weighted by Crippen LogP contribution is -2.20. The van der Waals surface area contributed by atoms with Crippen molar-refractivity contribution < 1.29 is 49.0 Å². The number of aromatic hydroxyl groups is 4. The van der Waals surface area contributed by atoms with E-state index in [9.17, 15) is 30.0 Å². The topological polar surface area (TPSA) is 152 Å². The van der Waals surface area contributed by atoms with Crippen LogP contribution in [0.1, 0.15) is 48.4 Å². The zero-order valence-corrected chi connectivity index (χ0v) is 25.8. The number of hydrogen-bond acceptors (Lipinski definition) is 10. The molecule has 0 atom stereocenters. The second kappa shape index (κ2) is 11.4. The number of methoxy groups -OCH3 is 4. The number of hydrogen-bond donors (Lipinski definition) is 4. The van der Waals surface area contributed by atoms with Crippen LogP contribution in [0, 0.1) is 0 Å². The number of rotatable bonds is 7. The van der Waals surface area contributed by atoms with E-state index in [1.807, 2.05) is 0 Å². The molecule has 230 valence electrons. The summed E-state index contributed by atoms with van der Waals surface area (Å²) in [5.74, 6) is -1.70. The number of phenolic OH excluding ortho intramolecular Hbond substituents is 4. The zero-order chi connectivity index (χ0) is 32.9. The minimum Gasteiger partial charge on any atom is -0.507 e. The van der Waals surface area contributed by atoms with Crippen molar-refractivity contribution in [1.29, 1.82) is 0 Å². The van der Waals surface area contributed by atoms with Gasteiger partial charge in [-0.15, -0.1) is 0 Å². The highest BCUT2D eigenvalue weighted by Gasteiger charge is 2.30. The van der Waals surface area contributed by atoms with Crippen LogP contribution in [0.3, 0.4) is 0 Å². The Kier molecular flexibility index (Phi) is 8.15. The number of carbonyl (C=O) groups is 2. The predicted octanol–water partition coefficient (Wildman–Crippen LogP) is 3.34. The van der Waals surface area contributed by atoms with Crippen molar-refractivity contribution in [1.82, 2.24) is 0 Å². The Balaban J connectivity index is 2.47. The van der Waals surface area contributed by atoms with Gasteiger partial charge in [0.15, 0.2) is 35.6 Å². The van der Waals surface area contributed by atoms with Crippen LogP contribution in [0.4, 0.5) is 0 Å². The van der Waals surface area contributed by atoms with E-state index in [-0.39, 0.29) is 77.2 Å². The Bertz CT molecular complexity index is 2000. The van der Waals surface area contributed by atoms with Crippen LogP contribution >= 0.6 is 0 Å². The van der Waals surface area contributed by atoms with Crippen molar-refractivity contribution in [3.05, 3.63) is 32.0 Å². The molecule has 0 saturated carbocycles. The first-order valence-corrected chi connectivity index (χ1v) is 13.3. The highest BCUT2D eigenvalue weighted by Crippen LogP contribution is 2.47. The summed E-state index contributed by atoms with van der Waals surface area (Å²) in [5.41, 5.74) is 0.539. The minimum absolute atomic E-state index is 0.00256. The van der Waals surface area contributed by atoms with Crippen LogP contribution in [0.15, 0.2) is 0 Å². The van der Waals surface area contributed by atoms with E-state index in [4.69, 9.17) is 18.9 Å². The first kappa shape index (κ1) is 31.6. The molecule has 0 aliphatic carbocycles. The summed E-state index contributed by atoms with van der Waals surface area (Å²) in [6.07, 6.45) is 0.890. The number of ether oxygens (including phenoxy) is 4. The average molecular weight is 603 g/mol. The lowest BCUT2D eigenvalue weighted by molar-refractivity contribution is 0.111. The van der Waals surface area contributed by atoms with Gasteiger partial charge in [-0.1, -0.05) is 24.3 Å². The number of benzene rings is 4. The maximum Gasteiger partial charge on any atom is 0.172 e. The van der Waals surface area contributed by atoms with E-state index >= 15 is 0 Å². The Hall–Kier alpha value is -5.38. The highest BCUT2D eigenvalue weighted by molar-refractivity contribution is 6.15. The van der Waals surface area contributed by atoms with E-state index in [1.54, 1.807) is 27.7 Å². The molecule has 4 N–H and O–H groups in total. The maximum absolute atomic E-state index is 12.5. The van der Waals surface area contributed by atoms with E-state index in [0.29, 0.717) is 34.2 Å². The molecule has 0 spiro atoms. The first-order valence-electron chi connectivity index (χ1n) is 13.3. The van der Waals surface area contributed by atoms with Gasteiger partial charge in [0.1, 0.15) is 23.0 Å². The van der Waals surface area contributed by atoms with Gasteiger partial charge in [-0.25, -0.2) is 0 Å². The molecule has 0 unspecified atom stereocenters. The molecule has 4 aromatic rings. The molecule has 0 radical (unpaired) electrons. The molecule has 44 heavy (non-hydrogen) atoms. The van der Waals surface area contributed by atoms with Gasteiger partial charge in [0.25, 0.3) is 0 Å². The molecule has 0 amide bonds. The van der Waals surface area contributed by atoms with Crippen molar-refractivity contribution in [3.63, 3.8) is 0 Å². The normalized spacial score (nSPS) is 11.0. The molecule has 0 heterocycles. The molecule has 0 bridgehead atoms. The lowest BCUT2D eigenvalue weighted by Gasteiger charge is -2.22. The standard InChI is InChI=1S/C34H34O10/c1-13(2)19-25-23(17(11-35)31(41-7)33(19)43-9)29(39)21(15(5)27(25)37)22-16(6)28(38)26-20(14(3)4)34(44-10)32(42-8)18(12-36)24(26)30(22)40/h11-12,37-40H,5-6H2,1-4,7-10H3. The summed E-state index contributed by atoms with van der Waals surface area (Å²) in [7, 11) is 5.41. The second-order valence-electron chi connectivity index (χ2n) is 10.5. The highest BCUT2D eigenvalue weighted by atomic mass is 16.5. The van der Waals surface area contributed by atoms with Crippen LogP contribution in [0.2, 0.25) is 0 Å². The van der Waals surface area contributed by atoms with Crippen molar-refractivity contribution in [3.8, 4) is 57.1 Å². The largest absolute Gasteiger partial charge is 0.507 e. The molecule has 0 aliphatic heterocycles. The van der Waals surface area contributed by atoms with E-state index in [0.717, 1.165) is 0 Å². The summed E-state index contributed by atoms with van der Waals surface area (Å²) in [6, 6.07) is 0. The number of phenols is 4. The summed E-state index contributed by atoms with van der Waals surface area (Å²) in [4.78, 5) is 25.0. The van der Waals surface area contributed by atoms with Crippen LogP contribution < -0.4 is 39.8 Å². The Morgan fingerprint density at radius 3 is 1.05 bits per heavy atom. The molecule has 0 aromatic heterocycles. The smallest absolute Gasteiger partial charge is 0.172 e. The predicted molar refractivity (Wildman–Crippen MR) is 170 cm³/mol. The van der Waals surface area contributed by atoms with Crippen molar-refractivity contribution in [2.24, 2.45) is 0 Å². The fraction of sp³-hybridized carbons (Fsp3) is 0.235. The fourth-order valence-corrected chi connectivity index (χ4v) is 6.00. The lowest BCUT2D eigenvalue weighted by atomic mass is 9.87. The monoisotopic (exact) mass is 602 g/mol. The van der Waals surface area contributed by atoms with Gasteiger partial charge in [-0.2, -0.15) is 0 Å².